The number of nitro groups is 1. The highest BCUT2D eigenvalue weighted by atomic mass is 32.2. The van der Waals surface area contributed by atoms with E-state index in [0.717, 1.165) is 31.3 Å². The van der Waals surface area contributed by atoms with Crippen LogP contribution < -0.4 is 9.47 Å². The molecule has 0 aliphatic carbocycles. The summed E-state index contributed by atoms with van der Waals surface area (Å²) in [6.45, 7) is 0. The number of carbonyl (C=O) groups is 1. The highest BCUT2D eigenvalue weighted by Crippen LogP contribution is 2.21. The number of rotatable bonds is 5. The molecule has 0 heterocycles. The lowest BCUT2D eigenvalue weighted by atomic mass is 10.3. The SMILES string of the molecule is COc1ccc(OC(=O)N(C)S(=O)(=O)c2ccc([N+](=O)[O-])cc2)cc1. The molecule has 132 valence electrons. The molecule has 0 bridgehead atoms. The van der Waals surface area contributed by atoms with Crippen LogP contribution in [-0.4, -0.2) is 37.9 Å². The number of nitro benzene ring substituents is 1. The fourth-order valence-electron chi connectivity index (χ4n) is 1.80. The molecule has 0 aromatic heterocycles. The van der Waals surface area contributed by atoms with E-state index < -0.39 is 21.0 Å². The number of benzene rings is 2. The molecule has 0 fully saturated rings. The number of carbonyl (C=O) groups excluding carboxylic acids is 1. The van der Waals surface area contributed by atoms with Gasteiger partial charge in [0.15, 0.2) is 0 Å². The molecule has 2 rings (SSSR count). The molecule has 2 aromatic rings. The summed E-state index contributed by atoms with van der Waals surface area (Å²) >= 11 is 0. The Morgan fingerprint density at radius 3 is 2.04 bits per heavy atom. The highest BCUT2D eigenvalue weighted by Gasteiger charge is 2.27. The number of sulfonamides is 1. The third kappa shape index (κ3) is 4.04. The first-order chi connectivity index (χ1) is 11.8. The van der Waals surface area contributed by atoms with Crippen molar-refractivity contribution in [1.29, 1.82) is 0 Å². The molecule has 25 heavy (non-hydrogen) atoms. The molecular formula is C15H14N2O7S. The van der Waals surface area contributed by atoms with Gasteiger partial charge in [-0.05, 0) is 36.4 Å². The molecule has 1 amide bonds. The molecule has 0 saturated heterocycles. The average Bonchev–Trinajstić information content (AvgIpc) is 2.61. The second-order valence-corrected chi connectivity index (χ2v) is 6.74. The van der Waals surface area contributed by atoms with Gasteiger partial charge in [0.1, 0.15) is 11.5 Å². The molecule has 0 unspecified atom stereocenters. The summed E-state index contributed by atoms with van der Waals surface area (Å²) in [4.78, 5) is 21.7. The van der Waals surface area contributed by atoms with E-state index in [1.807, 2.05) is 0 Å². The smallest absolute Gasteiger partial charge is 0.429 e. The summed E-state index contributed by atoms with van der Waals surface area (Å²) in [6, 6.07) is 10.2. The van der Waals surface area contributed by atoms with E-state index in [1.54, 1.807) is 12.1 Å². The Morgan fingerprint density at radius 2 is 1.56 bits per heavy atom. The topological polar surface area (TPSA) is 116 Å². The normalized spacial score (nSPS) is 10.8. The van der Waals surface area contributed by atoms with E-state index in [0.29, 0.717) is 10.1 Å². The van der Waals surface area contributed by atoms with Crippen LogP contribution in [0.1, 0.15) is 0 Å². The van der Waals surface area contributed by atoms with Crippen molar-refractivity contribution in [2.24, 2.45) is 0 Å². The van der Waals surface area contributed by atoms with Crippen LogP contribution in [0, 0.1) is 10.1 Å². The number of hydrogen-bond acceptors (Lipinski definition) is 7. The minimum atomic E-state index is -4.20. The zero-order chi connectivity index (χ0) is 18.6. The molecule has 2 aromatic carbocycles. The van der Waals surface area contributed by atoms with Crippen molar-refractivity contribution < 1.29 is 27.6 Å². The van der Waals surface area contributed by atoms with Crippen molar-refractivity contribution in [1.82, 2.24) is 4.31 Å². The maximum Gasteiger partial charge on any atom is 0.429 e. The fraction of sp³-hybridized carbons (Fsp3) is 0.133. The van der Waals surface area contributed by atoms with Gasteiger partial charge >= 0.3 is 6.09 Å². The molecule has 10 heteroatoms. The van der Waals surface area contributed by atoms with E-state index >= 15 is 0 Å². The summed E-state index contributed by atoms with van der Waals surface area (Å²) < 4.78 is 35.1. The molecule has 0 N–H and O–H groups in total. The quantitative estimate of drug-likeness (QED) is 0.589. The number of non-ortho nitro benzene ring substituents is 1. The van der Waals surface area contributed by atoms with E-state index in [4.69, 9.17) is 9.47 Å². The minimum absolute atomic E-state index is 0.136. The van der Waals surface area contributed by atoms with Gasteiger partial charge in [0, 0.05) is 19.2 Å². The second kappa shape index (κ2) is 7.18. The number of amides is 1. The lowest BCUT2D eigenvalue weighted by molar-refractivity contribution is -0.384. The summed E-state index contributed by atoms with van der Waals surface area (Å²) in [5.41, 5.74) is -0.262. The predicted molar refractivity (Wildman–Crippen MR) is 87.1 cm³/mol. The van der Waals surface area contributed by atoms with Gasteiger partial charge in [-0.1, -0.05) is 0 Å². The van der Waals surface area contributed by atoms with E-state index in [9.17, 15) is 23.3 Å². The first kappa shape index (κ1) is 18.2. The number of hydrogen-bond donors (Lipinski definition) is 0. The first-order valence-electron chi connectivity index (χ1n) is 6.85. The standard InChI is InChI=1S/C15H14N2O7S/c1-16(15(18)24-13-7-5-12(23-2)6-8-13)25(21,22)14-9-3-11(4-10-14)17(19)20/h3-10H,1-2H3. The van der Waals surface area contributed by atoms with Crippen molar-refractivity contribution >= 4 is 21.8 Å². The first-order valence-corrected chi connectivity index (χ1v) is 8.29. The number of nitrogens with zero attached hydrogens (tertiary/aromatic N) is 2. The molecule has 0 aliphatic heterocycles. The van der Waals surface area contributed by atoms with Crippen LogP contribution in [0.2, 0.25) is 0 Å². The van der Waals surface area contributed by atoms with Crippen LogP contribution in [0.25, 0.3) is 0 Å². The summed E-state index contributed by atoms with van der Waals surface area (Å²) in [5, 5.41) is 10.6. The third-order valence-corrected chi connectivity index (χ3v) is 4.97. The summed E-state index contributed by atoms with van der Waals surface area (Å²) in [6.07, 6.45) is -1.12. The minimum Gasteiger partial charge on any atom is -0.497 e. The van der Waals surface area contributed by atoms with Crippen molar-refractivity contribution in [3.05, 3.63) is 58.6 Å². The van der Waals surface area contributed by atoms with Crippen LogP contribution in [0.15, 0.2) is 53.4 Å². The Bertz CT molecular complexity index is 877. The maximum atomic E-state index is 12.4. The molecule has 0 saturated carbocycles. The zero-order valence-electron chi connectivity index (χ0n) is 13.3. The monoisotopic (exact) mass is 366 g/mol. The lowest BCUT2D eigenvalue weighted by Crippen LogP contribution is -2.35. The number of methoxy groups -OCH3 is 1. The Balaban J connectivity index is 2.17. The van der Waals surface area contributed by atoms with Crippen LogP contribution in [-0.2, 0) is 10.0 Å². The fourth-order valence-corrected chi connectivity index (χ4v) is 2.83. The summed E-state index contributed by atoms with van der Waals surface area (Å²) in [5.74, 6) is 0.684. The maximum absolute atomic E-state index is 12.4. The molecule has 9 nitrogen and oxygen atoms in total. The van der Waals surface area contributed by atoms with Crippen molar-refractivity contribution in [2.45, 2.75) is 4.90 Å². The van der Waals surface area contributed by atoms with Gasteiger partial charge in [0.25, 0.3) is 15.7 Å². The molecule has 0 spiro atoms. The average molecular weight is 366 g/mol. The molecule has 0 aliphatic rings. The largest absolute Gasteiger partial charge is 0.497 e. The van der Waals surface area contributed by atoms with Gasteiger partial charge in [0.05, 0.1) is 16.9 Å². The molecule has 0 radical (unpaired) electrons. The van der Waals surface area contributed by atoms with E-state index in [1.165, 1.54) is 19.2 Å². The summed E-state index contributed by atoms with van der Waals surface area (Å²) in [7, 11) is -1.69. The lowest BCUT2D eigenvalue weighted by Gasteiger charge is -2.17. The highest BCUT2D eigenvalue weighted by molar-refractivity contribution is 7.89. The molecular weight excluding hydrogens is 352 g/mol. The Labute approximate surface area is 143 Å². The van der Waals surface area contributed by atoms with Crippen molar-refractivity contribution in [3.8, 4) is 11.5 Å². The Hall–Kier alpha value is -3.14. The number of ether oxygens (including phenoxy) is 2. The van der Waals surface area contributed by atoms with Gasteiger partial charge in [0.2, 0.25) is 0 Å². The van der Waals surface area contributed by atoms with Crippen LogP contribution >= 0.6 is 0 Å². The van der Waals surface area contributed by atoms with Gasteiger partial charge < -0.3 is 9.47 Å². The van der Waals surface area contributed by atoms with Crippen molar-refractivity contribution in [2.75, 3.05) is 14.2 Å². The Kier molecular flexibility index (Phi) is 5.22. The zero-order valence-corrected chi connectivity index (χ0v) is 14.1. The van der Waals surface area contributed by atoms with Crippen LogP contribution in [0.5, 0.6) is 11.5 Å². The van der Waals surface area contributed by atoms with E-state index in [2.05, 4.69) is 0 Å². The van der Waals surface area contributed by atoms with Gasteiger partial charge in [-0.2, -0.15) is 0 Å². The van der Waals surface area contributed by atoms with Gasteiger partial charge in [-0.3, -0.25) is 10.1 Å². The predicted octanol–water partition coefficient (Wildman–Crippen LogP) is 2.42. The van der Waals surface area contributed by atoms with Gasteiger partial charge in [-0.25, -0.2) is 17.5 Å². The van der Waals surface area contributed by atoms with E-state index in [-0.39, 0.29) is 16.3 Å². The van der Waals surface area contributed by atoms with Gasteiger partial charge in [-0.15, -0.1) is 0 Å². The molecule has 0 atom stereocenters. The second-order valence-electron chi connectivity index (χ2n) is 4.77. The van der Waals surface area contributed by atoms with Crippen molar-refractivity contribution in [3.63, 3.8) is 0 Å². The Morgan fingerprint density at radius 1 is 1.04 bits per heavy atom. The van der Waals surface area contributed by atoms with Crippen LogP contribution in [0.4, 0.5) is 10.5 Å². The van der Waals surface area contributed by atoms with Crippen LogP contribution in [0.3, 0.4) is 0 Å². The third-order valence-electron chi connectivity index (χ3n) is 3.23.